The van der Waals surface area contributed by atoms with E-state index < -0.39 is 0 Å². The van der Waals surface area contributed by atoms with E-state index in [4.69, 9.17) is 10.5 Å². The lowest BCUT2D eigenvalue weighted by Gasteiger charge is -2.21. The molecule has 5 heteroatoms. The molecule has 0 aromatic heterocycles. The third-order valence-corrected chi connectivity index (χ3v) is 2.51. The fourth-order valence-corrected chi connectivity index (χ4v) is 1.41. The van der Waals surface area contributed by atoms with Crippen molar-refractivity contribution < 1.29 is 9.53 Å². The van der Waals surface area contributed by atoms with Gasteiger partial charge < -0.3 is 20.7 Å². The first-order valence-electron chi connectivity index (χ1n) is 5.54. The third-order valence-electron chi connectivity index (χ3n) is 2.51. The van der Waals surface area contributed by atoms with Crippen LogP contribution in [0.2, 0.25) is 0 Å². The molecule has 5 nitrogen and oxygen atoms in total. The zero-order valence-corrected chi connectivity index (χ0v) is 9.37. The van der Waals surface area contributed by atoms with Gasteiger partial charge in [-0.2, -0.15) is 0 Å². The number of urea groups is 1. The molecule has 1 fully saturated rings. The van der Waals surface area contributed by atoms with E-state index in [9.17, 15) is 4.79 Å². The van der Waals surface area contributed by atoms with Crippen LogP contribution in [0.4, 0.5) is 4.79 Å². The predicted molar refractivity (Wildman–Crippen MR) is 58.6 cm³/mol. The van der Waals surface area contributed by atoms with Crippen LogP contribution in [0.1, 0.15) is 13.3 Å². The molecule has 1 rings (SSSR count). The van der Waals surface area contributed by atoms with Gasteiger partial charge in [-0.05, 0) is 18.9 Å². The largest absolute Gasteiger partial charge is 0.380 e. The molecule has 3 N–H and O–H groups in total. The van der Waals surface area contributed by atoms with E-state index in [0.29, 0.717) is 32.2 Å². The summed E-state index contributed by atoms with van der Waals surface area (Å²) in [4.78, 5) is 13.5. The molecule has 1 aliphatic heterocycles. The highest BCUT2D eigenvalue weighted by Crippen LogP contribution is 1.99. The second-order valence-corrected chi connectivity index (χ2v) is 3.98. The number of carbonyl (C=O) groups is 1. The maximum atomic E-state index is 11.7. The van der Waals surface area contributed by atoms with Crippen molar-refractivity contribution in [3.8, 4) is 0 Å². The summed E-state index contributed by atoms with van der Waals surface area (Å²) < 4.78 is 5.28. The first kappa shape index (κ1) is 12.3. The number of nitrogens with two attached hydrogens (primary N) is 1. The first-order chi connectivity index (χ1) is 7.24. The smallest absolute Gasteiger partial charge is 0.317 e. The fraction of sp³-hybridized carbons (Fsp3) is 0.900. The maximum Gasteiger partial charge on any atom is 0.317 e. The quantitative estimate of drug-likeness (QED) is 0.697. The SMILES string of the molecule is CC(CN)CNC(=O)N1CCCOCC1. The molecule has 1 atom stereocenters. The standard InChI is InChI=1S/C10H21N3O2/c1-9(7-11)8-12-10(14)13-3-2-5-15-6-4-13/h9H,2-8,11H2,1H3,(H,12,14). The van der Waals surface area contributed by atoms with Gasteiger partial charge in [0.2, 0.25) is 0 Å². The van der Waals surface area contributed by atoms with Crippen molar-refractivity contribution >= 4 is 6.03 Å². The van der Waals surface area contributed by atoms with Crippen molar-refractivity contribution in [2.75, 3.05) is 39.4 Å². The van der Waals surface area contributed by atoms with Gasteiger partial charge in [0.1, 0.15) is 0 Å². The van der Waals surface area contributed by atoms with Crippen LogP contribution in [0, 0.1) is 5.92 Å². The highest BCUT2D eigenvalue weighted by atomic mass is 16.5. The predicted octanol–water partition coefficient (Wildman–Crippen LogP) is 0.0131. The Balaban J connectivity index is 2.25. The van der Waals surface area contributed by atoms with E-state index in [1.807, 2.05) is 6.92 Å². The summed E-state index contributed by atoms with van der Waals surface area (Å²) >= 11 is 0. The molecule has 0 saturated carbocycles. The lowest BCUT2D eigenvalue weighted by atomic mass is 10.2. The van der Waals surface area contributed by atoms with Crippen LogP contribution in [-0.2, 0) is 4.74 Å². The Hall–Kier alpha value is -0.810. The summed E-state index contributed by atoms with van der Waals surface area (Å²) in [5, 5.41) is 2.88. The normalized spacial score (nSPS) is 19.5. The van der Waals surface area contributed by atoms with Gasteiger partial charge in [-0.1, -0.05) is 6.92 Å². The Kier molecular flexibility index (Phi) is 5.42. The molecule has 1 saturated heterocycles. The molecule has 0 aliphatic carbocycles. The second-order valence-electron chi connectivity index (χ2n) is 3.98. The highest BCUT2D eigenvalue weighted by molar-refractivity contribution is 5.74. The van der Waals surface area contributed by atoms with Crippen LogP contribution >= 0.6 is 0 Å². The van der Waals surface area contributed by atoms with E-state index in [-0.39, 0.29) is 6.03 Å². The van der Waals surface area contributed by atoms with Crippen molar-refractivity contribution in [3.05, 3.63) is 0 Å². The first-order valence-corrected chi connectivity index (χ1v) is 5.54. The molecule has 0 bridgehead atoms. The summed E-state index contributed by atoms with van der Waals surface area (Å²) in [5.74, 6) is 0.331. The number of rotatable bonds is 3. The molecule has 0 aromatic rings. The van der Waals surface area contributed by atoms with Gasteiger partial charge in [-0.25, -0.2) is 4.79 Å². The van der Waals surface area contributed by atoms with Crippen molar-refractivity contribution in [2.24, 2.45) is 11.7 Å². The Morgan fingerprint density at radius 1 is 1.53 bits per heavy atom. The van der Waals surface area contributed by atoms with E-state index >= 15 is 0 Å². The van der Waals surface area contributed by atoms with Crippen LogP contribution in [0.5, 0.6) is 0 Å². The minimum Gasteiger partial charge on any atom is -0.380 e. The Morgan fingerprint density at radius 3 is 3.07 bits per heavy atom. The minimum absolute atomic E-state index is 0.000741. The van der Waals surface area contributed by atoms with Gasteiger partial charge in [0.15, 0.2) is 0 Å². The van der Waals surface area contributed by atoms with Crippen LogP contribution in [0.3, 0.4) is 0 Å². The summed E-state index contributed by atoms with van der Waals surface area (Å²) in [6.07, 6.45) is 0.917. The van der Waals surface area contributed by atoms with E-state index in [1.165, 1.54) is 0 Å². The Labute approximate surface area is 90.9 Å². The molecule has 1 heterocycles. The lowest BCUT2D eigenvalue weighted by Crippen LogP contribution is -2.43. The molecule has 1 aliphatic rings. The number of carbonyl (C=O) groups excluding carboxylic acids is 1. The zero-order chi connectivity index (χ0) is 11.1. The molecule has 0 radical (unpaired) electrons. The monoisotopic (exact) mass is 215 g/mol. The second kappa shape index (κ2) is 6.63. The van der Waals surface area contributed by atoms with Gasteiger partial charge in [-0.3, -0.25) is 0 Å². The molecule has 2 amide bonds. The molecule has 15 heavy (non-hydrogen) atoms. The number of hydrogen-bond donors (Lipinski definition) is 2. The van der Waals surface area contributed by atoms with Gasteiger partial charge in [0.05, 0.1) is 6.61 Å². The van der Waals surface area contributed by atoms with Gasteiger partial charge in [0.25, 0.3) is 0 Å². The van der Waals surface area contributed by atoms with E-state index in [1.54, 1.807) is 4.90 Å². The van der Waals surface area contributed by atoms with E-state index in [0.717, 1.165) is 19.6 Å². The number of hydrogen-bond acceptors (Lipinski definition) is 3. The van der Waals surface area contributed by atoms with Crippen LogP contribution in [0.15, 0.2) is 0 Å². The van der Waals surface area contributed by atoms with Gasteiger partial charge >= 0.3 is 6.03 Å². The van der Waals surface area contributed by atoms with Crippen LogP contribution in [0.25, 0.3) is 0 Å². The zero-order valence-electron chi connectivity index (χ0n) is 9.37. The van der Waals surface area contributed by atoms with Crippen molar-refractivity contribution in [2.45, 2.75) is 13.3 Å². The maximum absolute atomic E-state index is 11.7. The lowest BCUT2D eigenvalue weighted by molar-refractivity contribution is 0.142. The Bertz CT molecular complexity index is 191. The molecule has 0 spiro atoms. The molecule has 1 unspecified atom stereocenters. The van der Waals surface area contributed by atoms with Crippen molar-refractivity contribution in [1.29, 1.82) is 0 Å². The molecular weight excluding hydrogens is 194 g/mol. The molecule has 88 valence electrons. The van der Waals surface area contributed by atoms with Gasteiger partial charge in [0, 0.05) is 26.2 Å². The van der Waals surface area contributed by atoms with E-state index in [2.05, 4.69) is 5.32 Å². The summed E-state index contributed by atoms with van der Waals surface area (Å²) in [6, 6.07) is 0.000741. The topological polar surface area (TPSA) is 67.6 Å². The minimum atomic E-state index is 0.000741. The number of ether oxygens (including phenoxy) is 1. The van der Waals surface area contributed by atoms with Gasteiger partial charge in [-0.15, -0.1) is 0 Å². The summed E-state index contributed by atoms with van der Waals surface area (Å²) in [7, 11) is 0. The van der Waals surface area contributed by atoms with Crippen LogP contribution < -0.4 is 11.1 Å². The third kappa shape index (κ3) is 4.48. The molecule has 0 aromatic carbocycles. The molecular formula is C10H21N3O2. The van der Waals surface area contributed by atoms with Crippen molar-refractivity contribution in [1.82, 2.24) is 10.2 Å². The summed E-state index contributed by atoms with van der Waals surface area (Å²) in [6.45, 7) is 6.12. The fourth-order valence-electron chi connectivity index (χ4n) is 1.41. The van der Waals surface area contributed by atoms with Crippen LogP contribution in [-0.4, -0.2) is 50.3 Å². The summed E-state index contributed by atoms with van der Waals surface area (Å²) in [5.41, 5.74) is 5.48. The average molecular weight is 215 g/mol. The highest BCUT2D eigenvalue weighted by Gasteiger charge is 2.15. The number of nitrogens with zero attached hydrogens (tertiary/aromatic N) is 1. The number of nitrogens with one attached hydrogen (secondary N) is 1. The Morgan fingerprint density at radius 2 is 2.33 bits per heavy atom. The average Bonchev–Trinajstić information content (AvgIpc) is 2.53. The number of amides is 2. The van der Waals surface area contributed by atoms with Crippen molar-refractivity contribution in [3.63, 3.8) is 0 Å².